The maximum absolute atomic E-state index is 11.0. The van der Waals surface area contributed by atoms with Crippen LogP contribution in [-0.2, 0) is 19.4 Å². The Morgan fingerprint density at radius 3 is 2.66 bits per heavy atom. The smallest absolute Gasteiger partial charge is 0.230 e. The molecule has 1 aliphatic rings. The normalized spacial score (nSPS) is 15.5. The van der Waals surface area contributed by atoms with E-state index in [2.05, 4.69) is 39.2 Å². The minimum atomic E-state index is -0.157. The van der Waals surface area contributed by atoms with Crippen molar-refractivity contribution in [3.63, 3.8) is 0 Å². The third-order valence-electron chi connectivity index (χ3n) is 5.53. The van der Waals surface area contributed by atoms with Gasteiger partial charge >= 0.3 is 0 Å². The van der Waals surface area contributed by atoms with Gasteiger partial charge in [-0.25, -0.2) is 4.98 Å². The third-order valence-corrected chi connectivity index (χ3v) is 6.95. The van der Waals surface area contributed by atoms with Crippen LogP contribution >= 0.6 is 22.9 Å². The van der Waals surface area contributed by atoms with Gasteiger partial charge in [0.15, 0.2) is 5.82 Å². The molecule has 0 spiro atoms. The summed E-state index contributed by atoms with van der Waals surface area (Å²) in [5, 5.41) is 16.2. The number of hydrogen-bond donors (Lipinski definition) is 1. The molecule has 4 aromatic rings. The first kappa shape index (κ1) is 18.6. The molecule has 1 aliphatic heterocycles. The van der Waals surface area contributed by atoms with Crippen LogP contribution in [0.5, 0.6) is 5.88 Å². The van der Waals surface area contributed by atoms with Gasteiger partial charge in [-0.15, -0.1) is 5.10 Å². The molecule has 5 nitrogen and oxygen atoms in total. The van der Waals surface area contributed by atoms with E-state index in [9.17, 15) is 5.11 Å². The molecule has 0 bridgehead atoms. The Hall–Kier alpha value is -2.41. The lowest BCUT2D eigenvalue weighted by molar-refractivity contribution is 0.205. The zero-order chi connectivity index (χ0) is 20.0. The average Bonchev–Trinajstić information content (AvgIpc) is 3.29. The molecule has 0 radical (unpaired) electrons. The van der Waals surface area contributed by atoms with E-state index in [-0.39, 0.29) is 11.9 Å². The van der Waals surface area contributed by atoms with Crippen LogP contribution in [-0.4, -0.2) is 31.1 Å². The number of hydrogen-bond acceptors (Lipinski definition) is 5. The Kier molecular flexibility index (Phi) is 4.78. The highest BCUT2D eigenvalue weighted by Gasteiger charge is 2.32. The van der Waals surface area contributed by atoms with Crippen molar-refractivity contribution in [1.29, 1.82) is 0 Å². The quantitative estimate of drug-likeness (QED) is 0.508. The van der Waals surface area contributed by atoms with E-state index in [1.54, 1.807) is 4.52 Å². The highest BCUT2D eigenvalue weighted by molar-refractivity contribution is 7.17. The van der Waals surface area contributed by atoms with Crippen LogP contribution < -0.4 is 0 Å². The van der Waals surface area contributed by atoms with Gasteiger partial charge in [0.2, 0.25) is 10.8 Å². The molecule has 0 aliphatic carbocycles. The molecule has 2 aromatic carbocycles. The van der Waals surface area contributed by atoms with Crippen LogP contribution in [0.15, 0.2) is 48.5 Å². The summed E-state index contributed by atoms with van der Waals surface area (Å²) in [6.07, 6.45) is 1.71. The summed E-state index contributed by atoms with van der Waals surface area (Å²) < 4.78 is 1.56. The first-order valence-corrected chi connectivity index (χ1v) is 11.0. The van der Waals surface area contributed by atoms with E-state index in [4.69, 9.17) is 11.6 Å². The third kappa shape index (κ3) is 3.21. The van der Waals surface area contributed by atoms with Gasteiger partial charge in [0.05, 0.1) is 10.9 Å². The first-order valence-electron chi connectivity index (χ1n) is 9.78. The van der Waals surface area contributed by atoms with Crippen LogP contribution in [0.25, 0.3) is 4.96 Å². The molecule has 0 amide bonds. The van der Waals surface area contributed by atoms with Crippen molar-refractivity contribution in [2.75, 3.05) is 6.54 Å². The number of thiazole rings is 1. The molecule has 7 heteroatoms. The lowest BCUT2D eigenvalue weighted by Crippen LogP contribution is -2.34. The molecule has 1 atom stereocenters. The van der Waals surface area contributed by atoms with Gasteiger partial charge in [0, 0.05) is 24.5 Å². The van der Waals surface area contributed by atoms with Gasteiger partial charge in [0.1, 0.15) is 0 Å². The Morgan fingerprint density at radius 2 is 1.90 bits per heavy atom. The first-order chi connectivity index (χ1) is 14.2. The topological polar surface area (TPSA) is 53.7 Å². The van der Waals surface area contributed by atoms with E-state index >= 15 is 0 Å². The summed E-state index contributed by atoms with van der Waals surface area (Å²) in [4.78, 5) is 8.48. The van der Waals surface area contributed by atoms with Crippen molar-refractivity contribution in [2.45, 2.75) is 32.4 Å². The minimum absolute atomic E-state index is 0.154. The number of aromatic nitrogens is 3. The van der Waals surface area contributed by atoms with Crippen molar-refractivity contribution < 1.29 is 5.11 Å². The second-order valence-electron chi connectivity index (χ2n) is 7.28. The van der Waals surface area contributed by atoms with E-state index in [1.165, 1.54) is 22.5 Å². The number of benzene rings is 2. The molecule has 1 N–H and O–H groups in total. The number of aromatic hydroxyl groups is 1. The van der Waals surface area contributed by atoms with E-state index < -0.39 is 0 Å². The van der Waals surface area contributed by atoms with Crippen LogP contribution in [0.3, 0.4) is 0 Å². The number of halogens is 1. The standard InChI is InChI=1S/C22H21ClN4OS/c1-2-18-24-22-27(25-18)21(28)20(29-22)19(16-9-5-6-10-17(16)23)26-12-11-14-7-3-4-8-15(14)13-26/h3-10,19,28H,2,11-13H2,1H3/t19-/m1/s1. The SMILES string of the molecule is CCc1nc2sc([C@@H](c3ccccc3Cl)N3CCc4ccccc4C3)c(O)n2n1. The Labute approximate surface area is 178 Å². The van der Waals surface area contributed by atoms with Crippen molar-refractivity contribution in [3.8, 4) is 5.88 Å². The predicted octanol–water partition coefficient (Wildman–Crippen LogP) is 4.86. The van der Waals surface area contributed by atoms with Crippen LogP contribution in [0.4, 0.5) is 0 Å². The number of rotatable bonds is 4. The van der Waals surface area contributed by atoms with Crippen LogP contribution in [0.2, 0.25) is 5.02 Å². The number of aryl methyl sites for hydroxylation is 1. The van der Waals surface area contributed by atoms with Gasteiger partial charge in [-0.3, -0.25) is 4.90 Å². The predicted molar refractivity (Wildman–Crippen MR) is 116 cm³/mol. The van der Waals surface area contributed by atoms with Gasteiger partial charge < -0.3 is 5.11 Å². The fourth-order valence-corrected chi connectivity index (χ4v) is 5.42. The van der Waals surface area contributed by atoms with Gasteiger partial charge in [0.25, 0.3) is 0 Å². The van der Waals surface area contributed by atoms with Crippen LogP contribution in [0.1, 0.15) is 40.4 Å². The van der Waals surface area contributed by atoms with Gasteiger partial charge in [-0.1, -0.05) is 72.3 Å². The summed E-state index contributed by atoms with van der Waals surface area (Å²) in [5.74, 6) is 0.889. The zero-order valence-electron chi connectivity index (χ0n) is 16.0. The van der Waals surface area contributed by atoms with Crippen LogP contribution in [0, 0.1) is 0 Å². The number of fused-ring (bicyclic) bond motifs is 2. The average molecular weight is 425 g/mol. The molecule has 2 aromatic heterocycles. The maximum Gasteiger partial charge on any atom is 0.230 e. The lowest BCUT2D eigenvalue weighted by atomic mass is 9.95. The summed E-state index contributed by atoms with van der Waals surface area (Å²) in [6, 6.07) is 16.3. The molecule has 3 heterocycles. The minimum Gasteiger partial charge on any atom is -0.492 e. The van der Waals surface area contributed by atoms with Crippen molar-refractivity contribution in [1.82, 2.24) is 19.5 Å². The van der Waals surface area contributed by atoms with Gasteiger partial charge in [-0.2, -0.15) is 4.52 Å². The molecule has 0 saturated carbocycles. The highest BCUT2D eigenvalue weighted by Crippen LogP contribution is 2.43. The van der Waals surface area contributed by atoms with Crippen molar-refractivity contribution >= 4 is 27.9 Å². The number of nitrogens with zero attached hydrogens (tertiary/aromatic N) is 4. The van der Waals surface area contributed by atoms with E-state index in [1.807, 2.05) is 31.2 Å². The van der Waals surface area contributed by atoms with Crippen molar-refractivity contribution in [2.24, 2.45) is 0 Å². The summed E-state index contributed by atoms with van der Waals surface area (Å²) in [6.45, 7) is 3.70. The monoisotopic (exact) mass is 424 g/mol. The Morgan fingerprint density at radius 1 is 1.14 bits per heavy atom. The molecular weight excluding hydrogens is 404 g/mol. The lowest BCUT2D eigenvalue weighted by Gasteiger charge is -2.35. The molecular formula is C22H21ClN4OS. The molecule has 0 saturated heterocycles. The fourth-order valence-electron chi connectivity index (χ4n) is 4.06. The molecule has 148 valence electrons. The molecule has 5 rings (SSSR count). The summed E-state index contributed by atoms with van der Waals surface area (Å²) in [5.41, 5.74) is 3.70. The largest absolute Gasteiger partial charge is 0.492 e. The summed E-state index contributed by atoms with van der Waals surface area (Å²) in [7, 11) is 0. The van der Waals surface area contributed by atoms with Gasteiger partial charge in [-0.05, 0) is 29.2 Å². The zero-order valence-corrected chi connectivity index (χ0v) is 17.6. The fraction of sp³-hybridized carbons (Fsp3) is 0.273. The Balaban J connectivity index is 1.63. The summed E-state index contributed by atoms with van der Waals surface area (Å²) >= 11 is 8.11. The van der Waals surface area contributed by atoms with Crippen molar-refractivity contribution in [3.05, 3.63) is 80.9 Å². The molecule has 0 unspecified atom stereocenters. The Bertz CT molecular complexity index is 1180. The van der Waals surface area contributed by atoms with E-state index in [0.29, 0.717) is 9.98 Å². The second kappa shape index (κ2) is 7.44. The highest BCUT2D eigenvalue weighted by atomic mass is 35.5. The maximum atomic E-state index is 11.0. The second-order valence-corrected chi connectivity index (χ2v) is 8.70. The van der Waals surface area contributed by atoms with E-state index in [0.717, 1.165) is 42.2 Å². The molecule has 0 fully saturated rings. The molecule has 29 heavy (non-hydrogen) atoms.